The summed E-state index contributed by atoms with van der Waals surface area (Å²) in [6.07, 6.45) is 0.383. The molecule has 1 amide bonds. The summed E-state index contributed by atoms with van der Waals surface area (Å²) in [5, 5.41) is 3.65. The maximum absolute atomic E-state index is 12.3. The van der Waals surface area contributed by atoms with Gasteiger partial charge in [0.2, 0.25) is 0 Å². The van der Waals surface area contributed by atoms with Gasteiger partial charge < -0.3 is 15.0 Å². The van der Waals surface area contributed by atoms with Crippen molar-refractivity contribution in [3.8, 4) is 0 Å². The quantitative estimate of drug-likeness (QED) is 0.571. The minimum Gasteiger partial charge on any atom is -0.448 e. The lowest BCUT2D eigenvalue weighted by atomic mass is 10.1. The third-order valence-electron chi connectivity index (χ3n) is 3.75. The van der Waals surface area contributed by atoms with Crippen molar-refractivity contribution in [2.45, 2.75) is 32.9 Å². The fourth-order valence-electron chi connectivity index (χ4n) is 2.25. The number of ether oxygens (including phenoxy) is 1. The molecule has 2 aromatic rings. The standard InChI is InChI=1S/C18H18Cl2N2O4/c1-9(14-5-4-13(19)7-15(14)20)22-17(24)11(3)26-18(25)16-6-12(8-21-16)10(2)23/h4-9,11,21H,1-3H3,(H,22,24)/t9-,11-/m0/s1. The second-order valence-electron chi connectivity index (χ2n) is 5.80. The minimum atomic E-state index is -1.03. The summed E-state index contributed by atoms with van der Waals surface area (Å²) in [4.78, 5) is 38.2. The molecule has 0 unspecified atom stereocenters. The SMILES string of the molecule is CC(=O)c1c[nH]c(C(=O)O[C@@H](C)C(=O)N[C@@H](C)c2ccc(Cl)cc2Cl)c1. The molecule has 2 rings (SSSR count). The highest BCUT2D eigenvalue weighted by atomic mass is 35.5. The van der Waals surface area contributed by atoms with E-state index in [2.05, 4.69) is 10.3 Å². The summed E-state index contributed by atoms with van der Waals surface area (Å²) < 4.78 is 5.13. The number of hydrogen-bond acceptors (Lipinski definition) is 4. The Bertz CT molecular complexity index is 847. The number of carbonyl (C=O) groups is 3. The van der Waals surface area contributed by atoms with Crippen LogP contribution < -0.4 is 5.32 Å². The Morgan fingerprint density at radius 1 is 1.15 bits per heavy atom. The summed E-state index contributed by atoms with van der Waals surface area (Å²) >= 11 is 12.0. The number of aromatic amines is 1. The maximum Gasteiger partial charge on any atom is 0.355 e. The second-order valence-corrected chi connectivity index (χ2v) is 6.65. The van der Waals surface area contributed by atoms with Gasteiger partial charge in [-0.05, 0) is 44.5 Å². The summed E-state index contributed by atoms with van der Waals surface area (Å²) in [6.45, 7) is 4.60. The molecule has 1 heterocycles. The second kappa shape index (κ2) is 8.38. The Morgan fingerprint density at radius 3 is 2.42 bits per heavy atom. The lowest BCUT2D eigenvalue weighted by Gasteiger charge is -2.19. The van der Waals surface area contributed by atoms with Gasteiger partial charge in [0, 0.05) is 21.8 Å². The fourth-order valence-corrected chi connectivity index (χ4v) is 2.83. The van der Waals surface area contributed by atoms with Gasteiger partial charge in [-0.15, -0.1) is 0 Å². The average Bonchev–Trinajstić information content (AvgIpc) is 3.04. The highest BCUT2D eigenvalue weighted by molar-refractivity contribution is 6.35. The lowest BCUT2D eigenvalue weighted by Crippen LogP contribution is -2.37. The number of nitrogens with one attached hydrogen (secondary N) is 2. The van der Waals surface area contributed by atoms with Crippen molar-refractivity contribution in [1.82, 2.24) is 10.3 Å². The Balaban J connectivity index is 1.97. The molecule has 8 heteroatoms. The number of rotatable bonds is 6. The maximum atomic E-state index is 12.3. The van der Waals surface area contributed by atoms with Crippen molar-refractivity contribution in [1.29, 1.82) is 0 Å². The molecule has 0 aliphatic heterocycles. The van der Waals surface area contributed by atoms with E-state index in [1.807, 2.05) is 0 Å². The molecule has 0 radical (unpaired) electrons. The summed E-state index contributed by atoms with van der Waals surface area (Å²) in [5.41, 5.74) is 1.15. The molecule has 0 saturated carbocycles. The van der Waals surface area contributed by atoms with Crippen LogP contribution in [0.5, 0.6) is 0 Å². The van der Waals surface area contributed by atoms with Gasteiger partial charge in [0.25, 0.3) is 5.91 Å². The highest BCUT2D eigenvalue weighted by Crippen LogP contribution is 2.26. The molecular weight excluding hydrogens is 379 g/mol. The van der Waals surface area contributed by atoms with Crippen LogP contribution in [-0.2, 0) is 9.53 Å². The van der Waals surface area contributed by atoms with E-state index in [-0.39, 0.29) is 11.5 Å². The normalized spacial score (nSPS) is 13.0. The van der Waals surface area contributed by atoms with E-state index in [0.29, 0.717) is 21.2 Å². The van der Waals surface area contributed by atoms with Gasteiger partial charge in [0.1, 0.15) is 5.69 Å². The number of H-pyrrole nitrogens is 1. The van der Waals surface area contributed by atoms with E-state index < -0.39 is 24.0 Å². The first-order chi connectivity index (χ1) is 12.2. The van der Waals surface area contributed by atoms with Crippen molar-refractivity contribution in [3.63, 3.8) is 0 Å². The van der Waals surface area contributed by atoms with E-state index >= 15 is 0 Å². The number of ketones is 1. The number of carbonyl (C=O) groups excluding carboxylic acids is 3. The number of hydrogen-bond donors (Lipinski definition) is 2. The van der Waals surface area contributed by atoms with E-state index in [1.54, 1.807) is 25.1 Å². The Kier molecular flexibility index (Phi) is 6.45. The van der Waals surface area contributed by atoms with Crippen LogP contribution in [0, 0.1) is 0 Å². The molecule has 6 nitrogen and oxygen atoms in total. The first kappa shape index (κ1) is 20.0. The number of esters is 1. The Morgan fingerprint density at radius 2 is 1.85 bits per heavy atom. The molecule has 0 aliphatic carbocycles. The lowest BCUT2D eigenvalue weighted by molar-refractivity contribution is -0.129. The van der Waals surface area contributed by atoms with Gasteiger partial charge in [-0.2, -0.15) is 0 Å². The van der Waals surface area contributed by atoms with Gasteiger partial charge in [-0.3, -0.25) is 9.59 Å². The molecule has 2 N–H and O–H groups in total. The predicted molar refractivity (Wildman–Crippen MR) is 98.7 cm³/mol. The zero-order valence-corrected chi connectivity index (χ0v) is 15.9. The molecular formula is C18H18Cl2N2O4. The van der Waals surface area contributed by atoms with Crippen LogP contribution in [0.3, 0.4) is 0 Å². The van der Waals surface area contributed by atoms with Crippen LogP contribution >= 0.6 is 23.2 Å². The summed E-state index contributed by atoms with van der Waals surface area (Å²) in [7, 11) is 0. The number of amides is 1. The molecule has 2 atom stereocenters. The molecule has 1 aromatic carbocycles. The van der Waals surface area contributed by atoms with Gasteiger partial charge in [0.05, 0.1) is 6.04 Å². The van der Waals surface area contributed by atoms with Crippen LogP contribution in [0.2, 0.25) is 10.0 Å². The van der Waals surface area contributed by atoms with Crippen LogP contribution in [0.1, 0.15) is 53.2 Å². The molecule has 0 saturated heterocycles. The zero-order valence-electron chi connectivity index (χ0n) is 14.4. The van der Waals surface area contributed by atoms with Crippen LogP contribution in [0.15, 0.2) is 30.5 Å². The molecule has 26 heavy (non-hydrogen) atoms. The zero-order chi connectivity index (χ0) is 19.4. The number of halogens is 2. The minimum absolute atomic E-state index is 0.101. The van der Waals surface area contributed by atoms with Crippen LogP contribution in [-0.4, -0.2) is 28.7 Å². The monoisotopic (exact) mass is 396 g/mol. The number of Topliss-reactive ketones (excluding diaryl/α,β-unsaturated/α-hetero) is 1. The molecule has 138 valence electrons. The fraction of sp³-hybridized carbons (Fsp3) is 0.278. The molecule has 0 bridgehead atoms. The van der Waals surface area contributed by atoms with Crippen molar-refractivity contribution < 1.29 is 19.1 Å². The highest BCUT2D eigenvalue weighted by Gasteiger charge is 2.22. The van der Waals surface area contributed by atoms with Crippen molar-refractivity contribution >= 4 is 40.9 Å². The van der Waals surface area contributed by atoms with Crippen molar-refractivity contribution in [2.24, 2.45) is 0 Å². The van der Waals surface area contributed by atoms with Gasteiger partial charge in [0.15, 0.2) is 11.9 Å². The third kappa shape index (κ3) is 4.86. The van der Waals surface area contributed by atoms with E-state index in [0.717, 1.165) is 0 Å². The van der Waals surface area contributed by atoms with Gasteiger partial charge in [-0.1, -0.05) is 29.3 Å². The largest absolute Gasteiger partial charge is 0.448 e. The number of aromatic nitrogens is 1. The van der Waals surface area contributed by atoms with E-state index in [1.165, 1.54) is 26.1 Å². The first-order valence-electron chi connectivity index (χ1n) is 7.84. The molecule has 0 fully saturated rings. The molecule has 0 spiro atoms. The van der Waals surface area contributed by atoms with Crippen molar-refractivity contribution in [3.05, 3.63) is 57.3 Å². The third-order valence-corrected chi connectivity index (χ3v) is 4.31. The Hall–Kier alpha value is -2.31. The topological polar surface area (TPSA) is 88.3 Å². The first-order valence-corrected chi connectivity index (χ1v) is 8.60. The molecule has 0 aliphatic rings. The van der Waals surface area contributed by atoms with Crippen molar-refractivity contribution in [2.75, 3.05) is 0 Å². The summed E-state index contributed by atoms with van der Waals surface area (Å²) in [5.74, 6) is -1.38. The Labute approximate surface area is 160 Å². The smallest absolute Gasteiger partial charge is 0.355 e. The average molecular weight is 397 g/mol. The predicted octanol–water partition coefficient (Wildman–Crippen LogP) is 3.95. The van der Waals surface area contributed by atoms with Crippen LogP contribution in [0.25, 0.3) is 0 Å². The van der Waals surface area contributed by atoms with Gasteiger partial charge >= 0.3 is 5.97 Å². The van der Waals surface area contributed by atoms with Gasteiger partial charge in [-0.25, -0.2) is 4.79 Å². The summed E-state index contributed by atoms with van der Waals surface area (Å²) in [6, 6.07) is 5.96. The molecule has 1 aromatic heterocycles. The number of benzene rings is 1. The van der Waals surface area contributed by atoms with E-state index in [4.69, 9.17) is 27.9 Å². The van der Waals surface area contributed by atoms with Crippen LogP contribution in [0.4, 0.5) is 0 Å². The van der Waals surface area contributed by atoms with E-state index in [9.17, 15) is 14.4 Å².